The van der Waals surface area contributed by atoms with Crippen LogP contribution in [-0.2, 0) is 6.42 Å². The summed E-state index contributed by atoms with van der Waals surface area (Å²) in [5.41, 5.74) is 3.58. The maximum absolute atomic E-state index is 12.7. The molecule has 0 fully saturated rings. The Bertz CT molecular complexity index is 1070. The molecule has 0 unspecified atom stereocenters. The molecular weight excluding hydrogens is 404 g/mol. The Labute approximate surface area is 165 Å². The first-order chi connectivity index (χ1) is 13.2. The molecule has 4 rings (SSSR count). The fourth-order valence-corrected chi connectivity index (χ4v) is 3.05. The Kier molecular flexibility index (Phi) is 4.94. The highest BCUT2D eigenvalue weighted by atomic mass is 79.9. The lowest BCUT2D eigenvalue weighted by Crippen LogP contribution is -2.01. The quantitative estimate of drug-likeness (QED) is 0.411. The van der Waals surface area contributed by atoms with Crippen LogP contribution < -0.4 is 0 Å². The van der Waals surface area contributed by atoms with Gasteiger partial charge in [-0.2, -0.15) is 0 Å². The average molecular weight is 419 g/mol. The highest BCUT2D eigenvalue weighted by Crippen LogP contribution is 2.21. The van der Waals surface area contributed by atoms with Crippen LogP contribution in [0.1, 0.15) is 27.7 Å². The van der Waals surface area contributed by atoms with Gasteiger partial charge in [-0.05, 0) is 34.9 Å². The number of benzene rings is 3. The van der Waals surface area contributed by atoms with Gasteiger partial charge >= 0.3 is 0 Å². The molecule has 0 radical (unpaired) electrons. The van der Waals surface area contributed by atoms with E-state index >= 15 is 0 Å². The summed E-state index contributed by atoms with van der Waals surface area (Å²) < 4.78 is 6.60. The Morgan fingerprint density at radius 3 is 2.37 bits per heavy atom. The number of ketones is 1. The Hall–Kier alpha value is -3.05. The molecule has 5 heteroatoms. The van der Waals surface area contributed by atoms with Gasteiger partial charge < -0.3 is 4.42 Å². The lowest BCUT2D eigenvalue weighted by Gasteiger charge is -2.03. The first-order valence-corrected chi connectivity index (χ1v) is 9.25. The van der Waals surface area contributed by atoms with Crippen LogP contribution in [0.4, 0.5) is 0 Å². The van der Waals surface area contributed by atoms with Crippen LogP contribution in [-0.4, -0.2) is 16.0 Å². The van der Waals surface area contributed by atoms with Crippen molar-refractivity contribution in [3.05, 3.63) is 106 Å². The lowest BCUT2D eigenvalue weighted by atomic mass is 10.0. The zero-order valence-electron chi connectivity index (χ0n) is 14.3. The zero-order chi connectivity index (χ0) is 18.6. The number of aromatic nitrogens is 2. The maximum Gasteiger partial charge on any atom is 0.289 e. The number of rotatable bonds is 5. The summed E-state index contributed by atoms with van der Waals surface area (Å²) in [5.74, 6) is 0.148. The third kappa shape index (κ3) is 4.04. The van der Waals surface area contributed by atoms with Crippen LogP contribution in [0.2, 0.25) is 0 Å². The van der Waals surface area contributed by atoms with Crippen LogP contribution in [0.5, 0.6) is 0 Å². The predicted molar refractivity (Wildman–Crippen MR) is 107 cm³/mol. The monoisotopic (exact) mass is 418 g/mol. The van der Waals surface area contributed by atoms with Gasteiger partial charge in [-0.3, -0.25) is 4.79 Å². The topological polar surface area (TPSA) is 56.0 Å². The van der Waals surface area contributed by atoms with Gasteiger partial charge in [-0.1, -0.05) is 76.6 Å². The smallest absolute Gasteiger partial charge is 0.289 e. The Balaban J connectivity index is 1.55. The van der Waals surface area contributed by atoms with Crippen molar-refractivity contribution in [1.29, 1.82) is 0 Å². The van der Waals surface area contributed by atoms with Crippen LogP contribution in [0, 0.1) is 0 Å². The summed E-state index contributed by atoms with van der Waals surface area (Å²) in [6.45, 7) is 0. The number of halogens is 1. The van der Waals surface area contributed by atoms with Gasteiger partial charge in [-0.15, -0.1) is 10.2 Å². The second-order valence-corrected chi connectivity index (χ2v) is 7.00. The molecule has 0 saturated heterocycles. The van der Waals surface area contributed by atoms with Crippen molar-refractivity contribution in [3.8, 4) is 11.1 Å². The second kappa shape index (κ2) is 7.68. The third-order valence-corrected chi connectivity index (χ3v) is 4.69. The molecule has 27 heavy (non-hydrogen) atoms. The molecule has 0 amide bonds. The molecule has 0 N–H and O–H groups in total. The van der Waals surface area contributed by atoms with Crippen LogP contribution in [0.15, 0.2) is 87.8 Å². The van der Waals surface area contributed by atoms with Crippen molar-refractivity contribution in [3.63, 3.8) is 0 Å². The molecular formula is C22H15BrN2O2. The number of hydrogen-bond acceptors (Lipinski definition) is 4. The van der Waals surface area contributed by atoms with E-state index < -0.39 is 0 Å². The summed E-state index contributed by atoms with van der Waals surface area (Å²) in [6.07, 6.45) is 0.484. The number of nitrogens with zero attached hydrogens (tertiary/aromatic N) is 2. The molecule has 0 atom stereocenters. The third-order valence-electron chi connectivity index (χ3n) is 4.16. The summed E-state index contributed by atoms with van der Waals surface area (Å²) >= 11 is 3.41. The van der Waals surface area contributed by atoms with Gasteiger partial charge in [0.15, 0.2) is 0 Å². The second-order valence-electron chi connectivity index (χ2n) is 6.08. The van der Waals surface area contributed by atoms with Crippen molar-refractivity contribution in [1.82, 2.24) is 10.2 Å². The van der Waals surface area contributed by atoms with Gasteiger partial charge in [0.1, 0.15) is 0 Å². The zero-order valence-corrected chi connectivity index (χ0v) is 15.9. The number of carbonyl (C=O) groups excluding carboxylic acids is 1. The van der Waals surface area contributed by atoms with E-state index in [0.717, 1.165) is 21.2 Å². The first-order valence-electron chi connectivity index (χ1n) is 8.46. The van der Waals surface area contributed by atoms with E-state index in [-0.39, 0.29) is 11.7 Å². The summed E-state index contributed by atoms with van der Waals surface area (Å²) in [7, 11) is 0. The lowest BCUT2D eigenvalue weighted by molar-refractivity contribution is 0.100. The molecule has 132 valence electrons. The van der Waals surface area contributed by atoms with E-state index in [1.165, 1.54) is 0 Å². The molecule has 0 spiro atoms. The van der Waals surface area contributed by atoms with E-state index in [9.17, 15) is 4.79 Å². The minimum absolute atomic E-state index is 0.00678. The van der Waals surface area contributed by atoms with E-state index in [2.05, 4.69) is 26.1 Å². The molecule has 3 aromatic carbocycles. The van der Waals surface area contributed by atoms with Crippen molar-refractivity contribution in [2.75, 3.05) is 0 Å². The van der Waals surface area contributed by atoms with Crippen molar-refractivity contribution >= 4 is 21.7 Å². The minimum Gasteiger partial charge on any atom is -0.418 e. The molecule has 1 heterocycles. The van der Waals surface area contributed by atoms with Crippen molar-refractivity contribution in [2.24, 2.45) is 0 Å². The van der Waals surface area contributed by atoms with E-state index in [4.69, 9.17) is 4.42 Å². The van der Waals surface area contributed by atoms with Crippen molar-refractivity contribution < 1.29 is 9.21 Å². The fraction of sp³-hybridized carbons (Fsp3) is 0.0455. The average Bonchev–Trinajstić information content (AvgIpc) is 3.18. The van der Waals surface area contributed by atoms with Gasteiger partial charge in [0, 0.05) is 10.0 Å². The van der Waals surface area contributed by atoms with Crippen LogP contribution in [0.25, 0.3) is 11.1 Å². The normalized spacial score (nSPS) is 10.7. The van der Waals surface area contributed by atoms with Gasteiger partial charge in [0.25, 0.3) is 5.89 Å². The van der Waals surface area contributed by atoms with Gasteiger partial charge in [-0.25, -0.2) is 0 Å². The highest BCUT2D eigenvalue weighted by Gasteiger charge is 2.17. The molecule has 4 nitrogen and oxygen atoms in total. The van der Waals surface area contributed by atoms with Crippen LogP contribution >= 0.6 is 15.9 Å². The largest absolute Gasteiger partial charge is 0.418 e. The summed E-state index contributed by atoms with van der Waals surface area (Å²) in [6, 6.07) is 25.2. The van der Waals surface area contributed by atoms with E-state index in [1.807, 2.05) is 72.8 Å². The molecule has 0 aliphatic carbocycles. The molecule has 0 aliphatic rings. The number of hydrogen-bond donors (Lipinski definition) is 0. The molecule has 0 saturated carbocycles. The predicted octanol–water partition coefficient (Wildman–Crippen LogP) is 5.32. The molecule has 1 aromatic heterocycles. The Morgan fingerprint density at radius 2 is 1.59 bits per heavy atom. The SMILES string of the molecule is O=C(c1cccc(-c2ccccc2)c1)c1nnc(Cc2ccc(Br)cc2)o1. The highest BCUT2D eigenvalue weighted by molar-refractivity contribution is 9.10. The minimum atomic E-state index is -0.276. The van der Waals surface area contributed by atoms with Gasteiger partial charge in [0.2, 0.25) is 11.7 Å². The molecule has 0 bridgehead atoms. The number of carbonyl (C=O) groups is 1. The molecule has 4 aromatic rings. The van der Waals surface area contributed by atoms with Gasteiger partial charge in [0.05, 0.1) is 6.42 Å². The summed E-state index contributed by atoms with van der Waals surface area (Å²) in [5, 5.41) is 7.95. The maximum atomic E-state index is 12.7. The molecule has 0 aliphatic heterocycles. The fourth-order valence-electron chi connectivity index (χ4n) is 2.79. The van der Waals surface area contributed by atoms with E-state index in [0.29, 0.717) is 17.9 Å². The van der Waals surface area contributed by atoms with Crippen molar-refractivity contribution in [2.45, 2.75) is 6.42 Å². The standard InChI is InChI=1S/C22H15BrN2O2/c23-19-11-9-15(10-12-19)13-20-24-25-22(27-20)21(26)18-8-4-7-17(14-18)16-5-2-1-3-6-16/h1-12,14H,13H2. The van der Waals surface area contributed by atoms with E-state index in [1.54, 1.807) is 6.07 Å². The van der Waals surface area contributed by atoms with Crippen LogP contribution in [0.3, 0.4) is 0 Å². The Morgan fingerprint density at radius 1 is 0.852 bits per heavy atom. The summed E-state index contributed by atoms with van der Waals surface area (Å²) in [4.78, 5) is 12.7. The first kappa shape index (κ1) is 17.4.